The third kappa shape index (κ3) is 5.70. The summed E-state index contributed by atoms with van der Waals surface area (Å²) in [5.74, 6) is -0.783. The number of ether oxygens (including phenoxy) is 1. The van der Waals surface area contributed by atoms with Crippen molar-refractivity contribution in [3.8, 4) is 17.6 Å². The van der Waals surface area contributed by atoms with Gasteiger partial charge in [0.05, 0.1) is 0 Å². The van der Waals surface area contributed by atoms with Gasteiger partial charge in [0, 0.05) is 28.8 Å². The fourth-order valence-corrected chi connectivity index (χ4v) is 4.46. The van der Waals surface area contributed by atoms with Crippen LogP contribution in [0.15, 0.2) is 48.5 Å². The minimum absolute atomic E-state index is 0.159. The molecule has 1 aliphatic rings. The summed E-state index contributed by atoms with van der Waals surface area (Å²) in [6.07, 6.45) is -1.74. The second kappa shape index (κ2) is 10.3. The van der Waals surface area contributed by atoms with Crippen molar-refractivity contribution in [3.63, 3.8) is 0 Å². The predicted molar refractivity (Wildman–Crippen MR) is 125 cm³/mol. The number of aryl methyl sites for hydroxylation is 1. The highest BCUT2D eigenvalue weighted by Crippen LogP contribution is 2.41. The van der Waals surface area contributed by atoms with Crippen molar-refractivity contribution < 1.29 is 31.1 Å². The first-order valence-electron chi connectivity index (χ1n) is 11.7. The van der Waals surface area contributed by atoms with Gasteiger partial charge in [-0.1, -0.05) is 49.3 Å². The van der Waals surface area contributed by atoms with Crippen LogP contribution in [-0.2, 0) is 6.11 Å². The Balaban J connectivity index is 1.57. The zero-order valence-corrected chi connectivity index (χ0v) is 19.8. The van der Waals surface area contributed by atoms with Crippen molar-refractivity contribution in [2.75, 3.05) is 0 Å². The van der Waals surface area contributed by atoms with Crippen molar-refractivity contribution in [2.24, 2.45) is 5.92 Å². The van der Waals surface area contributed by atoms with E-state index < -0.39 is 40.7 Å². The Labute approximate surface area is 206 Å². The van der Waals surface area contributed by atoms with Crippen LogP contribution in [0.25, 0.3) is 0 Å². The van der Waals surface area contributed by atoms with E-state index in [4.69, 9.17) is 0 Å². The maximum absolute atomic E-state index is 14.8. The molecule has 0 bridgehead atoms. The van der Waals surface area contributed by atoms with Crippen LogP contribution in [-0.4, -0.2) is 0 Å². The number of hydrogen-bond donors (Lipinski definition) is 0. The van der Waals surface area contributed by atoms with Gasteiger partial charge in [0.2, 0.25) is 0 Å². The summed E-state index contributed by atoms with van der Waals surface area (Å²) in [4.78, 5) is 0. The van der Waals surface area contributed by atoms with Gasteiger partial charge < -0.3 is 4.74 Å². The lowest BCUT2D eigenvalue weighted by Gasteiger charge is -2.27. The van der Waals surface area contributed by atoms with Gasteiger partial charge in [0.1, 0.15) is 34.6 Å². The molecular formula is C29H24F6O. The largest absolute Gasteiger partial charge is 0.432 e. The zero-order chi connectivity index (χ0) is 26.0. The second-order valence-corrected chi connectivity index (χ2v) is 9.31. The van der Waals surface area contributed by atoms with Crippen molar-refractivity contribution in [2.45, 2.75) is 51.6 Å². The standard InChI is InChI=1S/C29H24F6O/c1-17-3-7-19(8-4-17)9-10-20-13-25(32)28(26(33)14-20)29(34,35)36-22-15-23(30)27(24(31)16-22)21-11-5-18(2)6-12-21/h3-4,7-8,13-16,18,21H,5-6,11-12H2,1-2H3. The lowest BCUT2D eigenvalue weighted by atomic mass is 9.79. The van der Waals surface area contributed by atoms with Crippen LogP contribution in [0, 0.1) is 48.0 Å². The quantitative estimate of drug-likeness (QED) is 0.257. The van der Waals surface area contributed by atoms with Crippen LogP contribution in [0.3, 0.4) is 0 Å². The van der Waals surface area contributed by atoms with E-state index in [1.54, 1.807) is 24.3 Å². The van der Waals surface area contributed by atoms with Crippen LogP contribution >= 0.6 is 0 Å². The third-order valence-electron chi connectivity index (χ3n) is 6.46. The van der Waals surface area contributed by atoms with Gasteiger partial charge in [-0.15, -0.1) is 0 Å². The van der Waals surface area contributed by atoms with Crippen molar-refractivity contribution in [1.82, 2.24) is 0 Å². The smallest absolute Gasteiger partial charge is 0.429 e. The Bertz CT molecular complexity index is 1270. The van der Waals surface area contributed by atoms with Crippen molar-refractivity contribution >= 4 is 0 Å². The third-order valence-corrected chi connectivity index (χ3v) is 6.46. The van der Waals surface area contributed by atoms with Gasteiger partial charge in [0.25, 0.3) is 0 Å². The molecular weight excluding hydrogens is 478 g/mol. The molecule has 3 aromatic rings. The van der Waals surface area contributed by atoms with E-state index >= 15 is 0 Å². The summed E-state index contributed by atoms with van der Waals surface area (Å²) in [5, 5.41) is 0. The van der Waals surface area contributed by atoms with Crippen LogP contribution in [0.2, 0.25) is 0 Å². The molecule has 1 nitrogen and oxygen atoms in total. The molecule has 7 heteroatoms. The highest BCUT2D eigenvalue weighted by molar-refractivity contribution is 5.45. The molecule has 0 amide bonds. The Morgan fingerprint density at radius 3 is 1.83 bits per heavy atom. The van der Waals surface area contributed by atoms with Crippen molar-refractivity contribution in [1.29, 1.82) is 0 Å². The van der Waals surface area contributed by atoms with Gasteiger partial charge in [-0.05, 0) is 55.9 Å². The fourth-order valence-electron chi connectivity index (χ4n) is 4.46. The van der Waals surface area contributed by atoms with Gasteiger partial charge in [-0.2, -0.15) is 8.78 Å². The summed E-state index contributed by atoms with van der Waals surface area (Å²) in [5.41, 5.74) is -0.425. The number of rotatable bonds is 4. The van der Waals surface area contributed by atoms with Crippen LogP contribution in [0.5, 0.6) is 5.75 Å². The summed E-state index contributed by atoms with van der Waals surface area (Å²) in [6, 6.07) is 9.60. The van der Waals surface area contributed by atoms with Gasteiger partial charge in [0.15, 0.2) is 0 Å². The Morgan fingerprint density at radius 2 is 1.28 bits per heavy atom. The van der Waals surface area contributed by atoms with E-state index in [-0.39, 0.29) is 17.0 Å². The van der Waals surface area contributed by atoms with Crippen LogP contribution in [0.4, 0.5) is 26.3 Å². The highest BCUT2D eigenvalue weighted by atomic mass is 19.3. The van der Waals surface area contributed by atoms with Gasteiger partial charge >= 0.3 is 6.11 Å². The maximum Gasteiger partial charge on any atom is 0.432 e. The molecule has 0 unspecified atom stereocenters. The number of benzene rings is 3. The first kappa shape index (κ1) is 25.7. The number of halogens is 6. The predicted octanol–water partition coefficient (Wildman–Crippen LogP) is 8.37. The summed E-state index contributed by atoms with van der Waals surface area (Å²) < 4.78 is 92.5. The maximum atomic E-state index is 14.8. The fraction of sp³-hybridized carbons (Fsp3) is 0.310. The summed E-state index contributed by atoms with van der Waals surface area (Å²) in [7, 11) is 0. The SMILES string of the molecule is Cc1ccc(C#Cc2cc(F)c(C(F)(F)Oc3cc(F)c(C4CCC(C)CC4)c(F)c3)c(F)c2)cc1. The minimum atomic E-state index is -4.53. The lowest BCUT2D eigenvalue weighted by molar-refractivity contribution is -0.189. The monoisotopic (exact) mass is 502 g/mol. The van der Waals surface area contributed by atoms with Gasteiger partial charge in [-0.3, -0.25) is 0 Å². The average molecular weight is 502 g/mol. The summed E-state index contributed by atoms with van der Waals surface area (Å²) in [6.45, 7) is 3.95. The minimum Gasteiger partial charge on any atom is -0.429 e. The molecule has 3 aromatic carbocycles. The molecule has 0 heterocycles. The molecule has 0 N–H and O–H groups in total. The van der Waals surface area contributed by atoms with Gasteiger partial charge in [-0.25, -0.2) is 17.6 Å². The highest BCUT2D eigenvalue weighted by Gasteiger charge is 2.41. The number of hydrogen-bond acceptors (Lipinski definition) is 1. The summed E-state index contributed by atoms with van der Waals surface area (Å²) >= 11 is 0. The lowest BCUT2D eigenvalue weighted by Crippen LogP contribution is -2.25. The first-order chi connectivity index (χ1) is 17.0. The average Bonchev–Trinajstić information content (AvgIpc) is 2.78. The molecule has 1 fully saturated rings. The van der Waals surface area contributed by atoms with Crippen LogP contribution < -0.4 is 4.74 Å². The topological polar surface area (TPSA) is 9.23 Å². The van der Waals surface area contributed by atoms with E-state index in [0.29, 0.717) is 48.6 Å². The van der Waals surface area contributed by atoms with E-state index in [0.717, 1.165) is 18.4 Å². The van der Waals surface area contributed by atoms with E-state index in [1.807, 2.05) is 6.92 Å². The Kier molecular flexibility index (Phi) is 7.35. The van der Waals surface area contributed by atoms with E-state index in [1.165, 1.54) is 0 Å². The molecule has 0 aliphatic heterocycles. The van der Waals surface area contributed by atoms with Crippen LogP contribution in [0.1, 0.15) is 66.3 Å². The molecule has 188 valence electrons. The Hall–Kier alpha value is -3.40. The molecule has 1 saturated carbocycles. The molecule has 36 heavy (non-hydrogen) atoms. The second-order valence-electron chi connectivity index (χ2n) is 9.31. The molecule has 0 spiro atoms. The van der Waals surface area contributed by atoms with E-state index in [9.17, 15) is 26.3 Å². The molecule has 0 aromatic heterocycles. The Morgan fingerprint density at radius 1 is 0.750 bits per heavy atom. The number of alkyl halides is 2. The molecule has 4 rings (SSSR count). The molecule has 0 radical (unpaired) electrons. The molecule has 0 saturated heterocycles. The molecule has 0 atom stereocenters. The van der Waals surface area contributed by atoms with E-state index in [2.05, 4.69) is 23.5 Å². The normalized spacial score (nSPS) is 17.9. The first-order valence-corrected chi connectivity index (χ1v) is 11.7. The molecule has 1 aliphatic carbocycles. The zero-order valence-electron chi connectivity index (χ0n) is 19.8. The van der Waals surface area contributed by atoms with Crippen molar-refractivity contribution in [3.05, 3.63) is 99.6 Å².